The number of hydrogen-bond donors (Lipinski definition) is 0. The van der Waals surface area contributed by atoms with Gasteiger partial charge in [0.1, 0.15) is 0 Å². The van der Waals surface area contributed by atoms with Crippen LogP contribution in [0.2, 0.25) is 0 Å². The van der Waals surface area contributed by atoms with Crippen LogP contribution in [0.1, 0.15) is 52.6 Å². The van der Waals surface area contributed by atoms with Crippen molar-refractivity contribution in [3.63, 3.8) is 0 Å². The standard InChI is InChI=1S/C21H21NO2/c23-20-13-19(17-10-4-5-11-18(17)20)21(24)22-12-6-9-16(14-22)15-7-2-1-3-8-15/h1-5,7-8,10-11,16,19H,6,9,12-14H2/t16-,19-/m0/s1. The van der Waals surface area contributed by atoms with Crippen molar-refractivity contribution < 1.29 is 9.59 Å². The first kappa shape index (κ1) is 15.1. The summed E-state index contributed by atoms with van der Waals surface area (Å²) in [5.41, 5.74) is 2.94. The molecule has 122 valence electrons. The number of amides is 1. The summed E-state index contributed by atoms with van der Waals surface area (Å²) in [6, 6.07) is 18.0. The molecule has 2 aromatic rings. The highest BCUT2D eigenvalue weighted by Gasteiger charge is 2.37. The summed E-state index contributed by atoms with van der Waals surface area (Å²) in [4.78, 5) is 27.2. The molecule has 1 aliphatic carbocycles. The molecule has 3 heteroatoms. The van der Waals surface area contributed by atoms with Crippen LogP contribution >= 0.6 is 0 Å². The molecule has 0 N–H and O–H groups in total. The monoisotopic (exact) mass is 319 g/mol. The SMILES string of the molecule is O=C1C[C@H](C(=O)N2CCC[C@H](c3ccccc3)C2)c2ccccc21. The Bertz CT molecular complexity index is 768. The van der Waals surface area contributed by atoms with Crippen molar-refractivity contribution in [2.45, 2.75) is 31.1 Å². The first-order valence-electron chi connectivity index (χ1n) is 8.70. The Morgan fingerprint density at radius 2 is 1.75 bits per heavy atom. The summed E-state index contributed by atoms with van der Waals surface area (Å²) >= 11 is 0. The van der Waals surface area contributed by atoms with Crippen molar-refractivity contribution in [2.24, 2.45) is 0 Å². The van der Waals surface area contributed by atoms with Crippen LogP contribution in [0.15, 0.2) is 54.6 Å². The van der Waals surface area contributed by atoms with Crippen molar-refractivity contribution in [1.29, 1.82) is 0 Å². The second-order valence-electron chi connectivity index (χ2n) is 6.80. The van der Waals surface area contributed by atoms with E-state index in [1.165, 1.54) is 5.56 Å². The average molecular weight is 319 g/mol. The van der Waals surface area contributed by atoms with Crippen LogP contribution in [-0.4, -0.2) is 29.7 Å². The molecule has 0 spiro atoms. The van der Waals surface area contributed by atoms with E-state index in [1.54, 1.807) is 0 Å². The van der Waals surface area contributed by atoms with Crippen LogP contribution in [0.4, 0.5) is 0 Å². The molecule has 3 nitrogen and oxygen atoms in total. The third-order valence-corrected chi connectivity index (χ3v) is 5.33. The van der Waals surface area contributed by atoms with Crippen LogP contribution in [0.25, 0.3) is 0 Å². The fraction of sp³-hybridized carbons (Fsp3) is 0.333. The Morgan fingerprint density at radius 1 is 1.00 bits per heavy atom. The molecule has 1 aliphatic heterocycles. The van der Waals surface area contributed by atoms with E-state index >= 15 is 0 Å². The van der Waals surface area contributed by atoms with Gasteiger partial charge in [-0.25, -0.2) is 0 Å². The van der Waals surface area contributed by atoms with E-state index < -0.39 is 0 Å². The molecular formula is C21H21NO2. The number of carbonyl (C=O) groups is 2. The number of ketones is 1. The maximum Gasteiger partial charge on any atom is 0.230 e. The van der Waals surface area contributed by atoms with Crippen molar-refractivity contribution in [3.05, 3.63) is 71.3 Å². The van der Waals surface area contributed by atoms with E-state index in [1.807, 2.05) is 35.2 Å². The number of carbonyl (C=O) groups excluding carboxylic acids is 2. The Morgan fingerprint density at radius 3 is 2.58 bits per heavy atom. The minimum atomic E-state index is -0.289. The highest BCUT2D eigenvalue weighted by molar-refractivity contribution is 6.06. The molecule has 4 rings (SSSR count). The molecule has 0 radical (unpaired) electrons. The summed E-state index contributed by atoms with van der Waals surface area (Å²) < 4.78 is 0. The lowest BCUT2D eigenvalue weighted by atomic mass is 9.89. The molecule has 0 aromatic heterocycles. The maximum absolute atomic E-state index is 13.1. The molecule has 0 saturated carbocycles. The lowest BCUT2D eigenvalue weighted by molar-refractivity contribution is -0.133. The number of likely N-dealkylation sites (tertiary alicyclic amines) is 1. The van der Waals surface area contributed by atoms with Gasteiger partial charge in [-0.1, -0.05) is 54.6 Å². The lowest BCUT2D eigenvalue weighted by Crippen LogP contribution is -2.41. The van der Waals surface area contributed by atoms with E-state index in [0.717, 1.165) is 37.1 Å². The quantitative estimate of drug-likeness (QED) is 0.845. The number of fused-ring (bicyclic) bond motifs is 1. The Labute approximate surface area is 142 Å². The summed E-state index contributed by atoms with van der Waals surface area (Å²) in [6.07, 6.45) is 2.46. The minimum absolute atomic E-state index is 0.0977. The fourth-order valence-corrected chi connectivity index (χ4v) is 4.08. The van der Waals surface area contributed by atoms with Crippen molar-refractivity contribution in [2.75, 3.05) is 13.1 Å². The van der Waals surface area contributed by atoms with Crippen LogP contribution in [0, 0.1) is 0 Å². The van der Waals surface area contributed by atoms with E-state index in [0.29, 0.717) is 12.3 Å². The van der Waals surface area contributed by atoms with Gasteiger partial charge in [-0.3, -0.25) is 9.59 Å². The predicted molar refractivity (Wildman–Crippen MR) is 93.1 cm³/mol. The fourth-order valence-electron chi connectivity index (χ4n) is 4.08. The molecular weight excluding hydrogens is 298 g/mol. The smallest absolute Gasteiger partial charge is 0.230 e. The molecule has 1 amide bonds. The van der Waals surface area contributed by atoms with Crippen LogP contribution in [-0.2, 0) is 4.79 Å². The molecule has 2 aliphatic rings. The number of nitrogens with zero attached hydrogens (tertiary/aromatic N) is 1. The normalized spacial score (nSPS) is 23.2. The second kappa shape index (κ2) is 6.23. The van der Waals surface area contributed by atoms with E-state index in [2.05, 4.69) is 24.3 Å². The van der Waals surface area contributed by atoms with Gasteiger partial charge >= 0.3 is 0 Å². The van der Waals surface area contributed by atoms with Gasteiger partial charge in [0.2, 0.25) is 5.91 Å². The zero-order valence-electron chi connectivity index (χ0n) is 13.7. The molecule has 1 fully saturated rings. The predicted octanol–water partition coefficient (Wildman–Crippen LogP) is 3.76. The van der Waals surface area contributed by atoms with Gasteiger partial charge < -0.3 is 4.90 Å². The van der Waals surface area contributed by atoms with Crippen LogP contribution in [0.5, 0.6) is 0 Å². The van der Waals surface area contributed by atoms with E-state index in [-0.39, 0.29) is 17.6 Å². The van der Waals surface area contributed by atoms with Gasteiger partial charge in [0.25, 0.3) is 0 Å². The number of piperidine rings is 1. The zero-order valence-corrected chi connectivity index (χ0v) is 13.7. The molecule has 0 unspecified atom stereocenters. The third-order valence-electron chi connectivity index (χ3n) is 5.33. The third kappa shape index (κ3) is 2.64. The summed E-state index contributed by atoms with van der Waals surface area (Å²) in [5, 5.41) is 0. The Balaban J connectivity index is 1.54. The number of Topliss-reactive ketones (excluding diaryl/α,β-unsaturated/α-hetero) is 1. The highest BCUT2D eigenvalue weighted by atomic mass is 16.2. The first-order chi connectivity index (χ1) is 11.7. The highest BCUT2D eigenvalue weighted by Crippen LogP contribution is 2.36. The van der Waals surface area contributed by atoms with Crippen molar-refractivity contribution in [1.82, 2.24) is 4.90 Å². The van der Waals surface area contributed by atoms with Crippen LogP contribution < -0.4 is 0 Å². The van der Waals surface area contributed by atoms with Gasteiger partial charge in [0.05, 0.1) is 5.92 Å². The number of hydrogen-bond acceptors (Lipinski definition) is 2. The summed E-state index contributed by atoms with van der Waals surface area (Å²) in [5.74, 6) is 0.328. The topological polar surface area (TPSA) is 37.4 Å². The van der Waals surface area contributed by atoms with Gasteiger partial charge in [-0.05, 0) is 24.0 Å². The molecule has 2 aromatic carbocycles. The van der Waals surface area contributed by atoms with Gasteiger partial charge in [-0.15, -0.1) is 0 Å². The van der Waals surface area contributed by atoms with Crippen molar-refractivity contribution >= 4 is 11.7 Å². The number of rotatable bonds is 2. The zero-order chi connectivity index (χ0) is 16.5. The van der Waals surface area contributed by atoms with E-state index in [4.69, 9.17) is 0 Å². The molecule has 24 heavy (non-hydrogen) atoms. The first-order valence-corrected chi connectivity index (χ1v) is 8.70. The van der Waals surface area contributed by atoms with Gasteiger partial charge in [-0.2, -0.15) is 0 Å². The van der Waals surface area contributed by atoms with Gasteiger partial charge in [0, 0.05) is 31.0 Å². The summed E-state index contributed by atoms with van der Waals surface area (Å²) in [6.45, 7) is 1.56. The summed E-state index contributed by atoms with van der Waals surface area (Å²) in [7, 11) is 0. The Hall–Kier alpha value is -2.42. The second-order valence-corrected chi connectivity index (χ2v) is 6.80. The number of benzene rings is 2. The largest absolute Gasteiger partial charge is 0.342 e. The lowest BCUT2D eigenvalue weighted by Gasteiger charge is -2.34. The average Bonchev–Trinajstić information content (AvgIpc) is 2.99. The van der Waals surface area contributed by atoms with E-state index in [9.17, 15) is 9.59 Å². The molecule has 2 atom stereocenters. The molecule has 0 bridgehead atoms. The van der Waals surface area contributed by atoms with Crippen molar-refractivity contribution in [3.8, 4) is 0 Å². The Kier molecular flexibility index (Phi) is 3.93. The molecule has 1 saturated heterocycles. The minimum Gasteiger partial charge on any atom is -0.342 e. The van der Waals surface area contributed by atoms with Crippen LogP contribution in [0.3, 0.4) is 0 Å². The maximum atomic E-state index is 13.1. The molecule has 1 heterocycles. The van der Waals surface area contributed by atoms with Gasteiger partial charge in [0.15, 0.2) is 5.78 Å².